The predicted octanol–water partition coefficient (Wildman–Crippen LogP) is 1.62. The van der Waals surface area contributed by atoms with Crippen LogP contribution in [0.1, 0.15) is 24.5 Å². The van der Waals surface area contributed by atoms with Gasteiger partial charge in [-0.25, -0.2) is 0 Å². The summed E-state index contributed by atoms with van der Waals surface area (Å²) < 4.78 is 5.22. The molecule has 0 fully saturated rings. The number of carboxylic acids is 1. The number of hydrogen-bond donors (Lipinski definition) is 2. The Morgan fingerprint density at radius 2 is 2.28 bits per heavy atom. The van der Waals surface area contributed by atoms with E-state index in [0.29, 0.717) is 0 Å². The second-order valence-electron chi connectivity index (χ2n) is 4.80. The maximum absolute atomic E-state index is 10.8. The highest BCUT2D eigenvalue weighted by atomic mass is 16.5. The van der Waals surface area contributed by atoms with Gasteiger partial charge < -0.3 is 15.2 Å². The maximum Gasteiger partial charge on any atom is 0.320 e. The molecule has 1 aromatic rings. The van der Waals surface area contributed by atoms with Gasteiger partial charge in [0.15, 0.2) is 0 Å². The molecule has 0 spiro atoms. The fourth-order valence-electron chi connectivity index (χ4n) is 2.43. The molecule has 0 amide bonds. The fraction of sp³-hybridized carbons (Fsp3) is 0.500. The van der Waals surface area contributed by atoms with Crippen LogP contribution in [0, 0.1) is 0 Å². The van der Waals surface area contributed by atoms with Crippen LogP contribution in [0.2, 0.25) is 0 Å². The Kier molecular flexibility index (Phi) is 3.87. The summed E-state index contributed by atoms with van der Waals surface area (Å²) in [7, 11) is 1.66. The number of nitrogens with one attached hydrogen (secondary N) is 1. The van der Waals surface area contributed by atoms with Gasteiger partial charge in [0.2, 0.25) is 0 Å². The van der Waals surface area contributed by atoms with Gasteiger partial charge in [-0.2, -0.15) is 0 Å². The molecule has 0 saturated heterocycles. The van der Waals surface area contributed by atoms with Gasteiger partial charge in [0.25, 0.3) is 0 Å². The zero-order valence-corrected chi connectivity index (χ0v) is 10.8. The Morgan fingerprint density at radius 1 is 1.50 bits per heavy atom. The fourth-order valence-corrected chi connectivity index (χ4v) is 2.43. The van der Waals surface area contributed by atoms with Crippen molar-refractivity contribution in [2.24, 2.45) is 0 Å². The Bertz CT molecular complexity index is 445. The van der Waals surface area contributed by atoms with E-state index in [-0.39, 0.29) is 6.04 Å². The van der Waals surface area contributed by atoms with Crippen molar-refractivity contribution in [3.8, 4) is 5.75 Å². The summed E-state index contributed by atoms with van der Waals surface area (Å²) in [6, 6.07) is 5.87. The minimum absolute atomic E-state index is 0.232. The molecule has 98 valence electrons. The van der Waals surface area contributed by atoms with E-state index < -0.39 is 12.0 Å². The number of benzene rings is 1. The maximum atomic E-state index is 10.8. The highest BCUT2D eigenvalue weighted by molar-refractivity contribution is 5.72. The van der Waals surface area contributed by atoms with Crippen LogP contribution in [-0.4, -0.2) is 30.3 Å². The van der Waals surface area contributed by atoms with Gasteiger partial charge in [-0.15, -0.1) is 0 Å². The van der Waals surface area contributed by atoms with Gasteiger partial charge in [0, 0.05) is 6.04 Å². The smallest absolute Gasteiger partial charge is 0.320 e. The molecule has 0 heterocycles. The number of hydrogen-bond acceptors (Lipinski definition) is 3. The third kappa shape index (κ3) is 2.82. The molecule has 0 radical (unpaired) electrons. The van der Waals surface area contributed by atoms with Crippen molar-refractivity contribution >= 4 is 5.97 Å². The minimum atomic E-state index is -0.800. The van der Waals surface area contributed by atoms with Crippen molar-refractivity contribution < 1.29 is 14.6 Å². The molecule has 1 aliphatic rings. The molecule has 4 heteroatoms. The van der Waals surface area contributed by atoms with E-state index in [1.165, 1.54) is 11.1 Å². The highest BCUT2D eigenvalue weighted by Gasteiger charge is 2.22. The molecule has 0 aromatic heterocycles. The molecule has 0 aliphatic heterocycles. The number of aliphatic carboxylic acids is 1. The molecule has 1 aliphatic carbocycles. The molecule has 0 saturated carbocycles. The first-order valence-electron chi connectivity index (χ1n) is 6.25. The average Bonchev–Trinajstić information content (AvgIpc) is 2.37. The second kappa shape index (κ2) is 5.40. The Hall–Kier alpha value is -1.55. The van der Waals surface area contributed by atoms with Gasteiger partial charge in [-0.1, -0.05) is 6.07 Å². The highest BCUT2D eigenvalue weighted by Crippen LogP contribution is 2.25. The van der Waals surface area contributed by atoms with Crippen LogP contribution in [-0.2, 0) is 17.6 Å². The van der Waals surface area contributed by atoms with Gasteiger partial charge >= 0.3 is 5.97 Å². The van der Waals surface area contributed by atoms with Crippen LogP contribution in [0.5, 0.6) is 5.75 Å². The summed E-state index contributed by atoms with van der Waals surface area (Å²) in [5.74, 6) is 0.0622. The molecule has 0 bridgehead atoms. The van der Waals surface area contributed by atoms with Gasteiger partial charge in [-0.3, -0.25) is 4.79 Å². The van der Waals surface area contributed by atoms with Gasteiger partial charge in [-0.05, 0) is 49.4 Å². The van der Waals surface area contributed by atoms with Crippen molar-refractivity contribution in [2.75, 3.05) is 7.11 Å². The lowest BCUT2D eigenvalue weighted by atomic mass is 9.88. The first-order valence-corrected chi connectivity index (χ1v) is 6.25. The molecule has 2 unspecified atom stereocenters. The summed E-state index contributed by atoms with van der Waals surface area (Å²) >= 11 is 0. The van der Waals surface area contributed by atoms with Crippen molar-refractivity contribution in [1.29, 1.82) is 0 Å². The molecular weight excluding hydrogens is 230 g/mol. The summed E-state index contributed by atoms with van der Waals surface area (Å²) in [6.07, 6.45) is 2.84. The monoisotopic (exact) mass is 249 g/mol. The van der Waals surface area contributed by atoms with Crippen LogP contribution in [0.4, 0.5) is 0 Å². The van der Waals surface area contributed by atoms with E-state index in [9.17, 15) is 4.79 Å². The molecule has 2 atom stereocenters. The number of fused-ring (bicyclic) bond motifs is 1. The molecule has 2 rings (SSSR count). The Balaban J connectivity index is 2.06. The van der Waals surface area contributed by atoms with E-state index in [0.717, 1.165) is 25.0 Å². The third-order valence-electron chi connectivity index (χ3n) is 3.50. The zero-order chi connectivity index (χ0) is 13.1. The van der Waals surface area contributed by atoms with E-state index in [1.54, 1.807) is 14.0 Å². The number of carbonyl (C=O) groups is 1. The molecular formula is C14H19NO3. The SMILES string of the molecule is COc1ccc2c(c1)CC(NC(C)C(=O)O)CC2. The molecule has 1 aromatic carbocycles. The summed E-state index contributed by atoms with van der Waals surface area (Å²) in [4.78, 5) is 10.8. The quantitative estimate of drug-likeness (QED) is 0.851. The third-order valence-corrected chi connectivity index (χ3v) is 3.50. The topological polar surface area (TPSA) is 58.6 Å². The van der Waals surface area contributed by atoms with Crippen molar-refractivity contribution in [3.05, 3.63) is 29.3 Å². The molecule has 2 N–H and O–H groups in total. The summed E-state index contributed by atoms with van der Waals surface area (Å²) in [5, 5.41) is 12.1. The van der Waals surface area contributed by atoms with Gasteiger partial charge in [0.05, 0.1) is 7.11 Å². The lowest BCUT2D eigenvalue weighted by Gasteiger charge is -2.27. The number of carboxylic acid groups (broad SMARTS) is 1. The van der Waals surface area contributed by atoms with Gasteiger partial charge in [0.1, 0.15) is 11.8 Å². The minimum Gasteiger partial charge on any atom is -0.497 e. The summed E-state index contributed by atoms with van der Waals surface area (Å²) in [5.41, 5.74) is 2.60. The van der Waals surface area contributed by atoms with Crippen molar-refractivity contribution in [2.45, 2.75) is 38.3 Å². The largest absolute Gasteiger partial charge is 0.497 e. The first-order chi connectivity index (χ1) is 8.60. The second-order valence-corrected chi connectivity index (χ2v) is 4.80. The number of ether oxygens (including phenoxy) is 1. The first kappa shape index (κ1) is 12.9. The predicted molar refractivity (Wildman–Crippen MR) is 69.0 cm³/mol. The number of rotatable bonds is 4. The molecule has 18 heavy (non-hydrogen) atoms. The standard InChI is InChI=1S/C14H19NO3/c1-9(14(16)17)15-12-5-3-10-4-6-13(18-2)8-11(10)7-12/h4,6,8-9,12,15H,3,5,7H2,1-2H3,(H,16,17). The van der Waals surface area contributed by atoms with Crippen LogP contribution >= 0.6 is 0 Å². The number of aryl methyl sites for hydroxylation is 1. The Morgan fingerprint density at radius 3 is 2.94 bits per heavy atom. The van der Waals surface area contributed by atoms with E-state index in [4.69, 9.17) is 9.84 Å². The van der Waals surface area contributed by atoms with E-state index in [1.807, 2.05) is 6.07 Å². The summed E-state index contributed by atoms with van der Waals surface area (Å²) in [6.45, 7) is 1.68. The van der Waals surface area contributed by atoms with E-state index in [2.05, 4.69) is 17.4 Å². The van der Waals surface area contributed by atoms with Crippen LogP contribution < -0.4 is 10.1 Å². The lowest BCUT2D eigenvalue weighted by molar-refractivity contribution is -0.139. The zero-order valence-electron chi connectivity index (χ0n) is 10.8. The van der Waals surface area contributed by atoms with Crippen LogP contribution in [0.3, 0.4) is 0 Å². The van der Waals surface area contributed by atoms with Crippen molar-refractivity contribution in [3.63, 3.8) is 0 Å². The Labute approximate surface area is 107 Å². The normalized spacial score (nSPS) is 20.0. The average molecular weight is 249 g/mol. The lowest BCUT2D eigenvalue weighted by Crippen LogP contribution is -2.44. The van der Waals surface area contributed by atoms with Crippen LogP contribution in [0.15, 0.2) is 18.2 Å². The van der Waals surface area contributed by atoms with E-state index >= 15 is 0 Å². The molecule has 4 nitrogen and oxygen atoms in total. The van der Waals surface area contributed by atoms with Crippen LogP contribution in [0.25, 0.3) is 0 Å². The van der Waals surface area contributed by atoms with Crippen molar-refractivity contribution in [1.82, 2.24) is 5.32 Å². The number of methoxy groups -OCH3 is 1.